The number of aldehydes is 1. The van der Waals surface area contributed by atoms with Gasteiger partial charge in [-0.3, -0.25) is 4.79 Å². The number of hydrogen-bond donors (Lipinski definition) is 0. The zero-order valence-corrected chi connectivity index (χ0v) is 13.3. The Labute approximate surface area is 130 Å². The lowest BCUT2D eigenvalue weighted by molar-refractivity contribution is 0.112. The maximum atomic E-state index is 11.2. The molecule has 3 nitrogen and oxygen atoms in total. The van der Waals surface area contributed by atoms with E-state index in [2.05, 4.69) is 15.9 Å². The molecule has 104 valence electrons. The molecular formula is C15H12BrClO3. The normalized spacial score (nSPS) is 10.2. The van der Waals surface area contributed by atoms with E-state index in [9.17, 15) is 4.79 Å². The van der Waals surface area contributed by atoms with Gasteiger partial charge >= 0.3 is 0 Å². The number of halogens is 2. The Kier molecular flexibility index (Phi) is 4.68. The van der Waals surface area contributed by atoms with Crippen LogP contribution in [0.25, 0.3) is 11.1 Å². The molecule has 0 heterocycles. The standard InChI is InChI=1S/C15H12BrClO3/c1-19-13-6-5-12(15(20-2)14(13)16)11-4-3-10(17)7-9(11)8-18/h3-8H,1-2H3. The largest absolute Gasteiger partial charge is 0.495 e. The number of benzene rings is 2. The highest BCUT2D eigenvalue weighted by Gasteiger charge is 2.16. The number of carbonyl (C=O) groups is 1. The van der Waals surface area contributed by atoms with Gasteiger partial charge < -0.3 is 9.47 Å². The first-order valence-corrected chi connectivity index (χ1v) is 6.95. The Morgan fingerprint density at radius 3 is 2.40 bits per heavy atom. The van der Waals surface area contributed by atoms with E-state index < -0.39 is 0 Å². The highest BCUT2D eigenvalue weighted by atomic mass is 79.9. The third-order valence-electron chi connectivity index (χ3n) is 2.92. The van der Waals surface area contributed by atoms with E-state index in [1.807, 2.05) is 12.1 Å². The smallest absolute Gasteiger partial charge is 0.150 e. The van der Waals surface area contributed by atoms with E-state index in [4.69, 9.17) is 21.1 Å². The second-order valence-corrected chi connectivity index (χ2v) is 5.24. The van der Waals surface area contributed by atoms with Crippen LogP contribution >= 0.6 is 27.5 Å². The van der Waals surface area contributed by atoms with E-state index in [-0.39, 0.29) is 0 Å². The van der Waals surface area contributed by atoms with E-state index >= 15 is 0 Å². The molecule has 0 aliphatic rings. The molecule has 0 aromatic heterocycles. The molecule has 5 heteroatoms. The molecule has 0 N–H and O–H groups in total. The summed E-state index contributed by atoms with van der Waals surface area (Å²) >= 11 is 9.36. The molecule has 2 aromatic carbocycles. The predicted octanol–water partition coefficient (Wildman–Crippen LogP) is 4.60. The van der Waals surface area contributed by atoms with Crippen molar-refractivity contribution in [1.29, 1.82) is 0 Å². The Bertz CT molecular complexity index is 656. The van der Waals surface area contributed by atoms with Crippen molar-refractivity contribution >= 4 is 33.8 Å². The molecule has 0 unspecified atom stereocenters. The Hall–Kier alpha value is -1.52. The summed E-state index contributed by atoms with van der Waals surface area (Å²) in [5, 5.41) is 0.516. The molecule has 0 amide bonds. The van der Waals surface area contributed by atoms with Crippen molar-refractivity contribution in [2.75, 3.05) is 14.2 Å². The van der Waals surface area contributed by atoms with Crippen LogP contribution in [-0.4, -0.2) is 20.5 Å². The molecule has 0 radical (unpaired) electrons. The maximum Gasteiger partial charge on any atom is 0.150 e. The minimum atomic E-state index is 0.507. The van der Waals surface area contributed by atoms with Crippen LogP contribution < -0.4 is 9.47 Å². The first-order valence-electron chi connectivity index (χ1n) is 5.78. The Morgan fingerprint density at radius 2 is 1.80 bits per heavy atom. The zero-order chi connectivity index (χ0) is 14.7. The van der Waals surface area contributed by atoms with Crippen molar-refractivity contribution in [3.63, 3.8) is 0 Å². The van der Waals surface area contributed by atoms with Crippen LogP contribution in [0.1, 0.15) is 10.4 Å². The quantitative estimate of drug-likeness (QED) is 0.752. The summed E-state index contributed by atoms with van der Waals surface area (Å²) in [5.74, 6) is 1.27. The minimum absolute atomic E-state index is 0.507. The van der Waals surface area contributed by atoms with Gasteiger partial charge in [-0.2, -0.15) is 0 Å². The average molecular weight is 356 g/mol. The van der Waals surface area contributed by atoms with Crippen molar-refractivity contribution in [2.24, 2.45) is 0 Å². The summed E-state index contributed by atoms with van der Waals surface area (Å²) in [6, 6.07) is 8.82. The third-order valence-corrected chi connectivity index (χ3v) is 3.90. The molecule has 0 saturated carbocycles. The first kappa shape index (κ1) is 14.9. The predicted molar refractivity (Wildman–Crippen MR) is 83.1 cm³/mol. The van der Waals surface area contributed by atoms with Gasteiger partial charge in [-0.05, 0) is 45.8 Å². The van der Waals surface area contributed by atoms with Crippen molar-refractivity contribution in [3.05, 3.63) is 45.4 Å². The van der Waals surface area contributed by atoms with E-state index in [0.717, 1.165) is 17.4 Å². The molecule has 0 saturated heterocycles. The van der Waals surface area contributed by atoms with Gasteiger partial charge in [0.05, 0.1) is 14.2 Å². The molecule has 0 fully saturated rings. The van der Waals surface area contributed by atoms with Crippen LogP contribution in [-0.2, 0) is 0 Å². The van der Waals surface area contributed by atoms with Gasteiger partial charge in [-0.25, -0.2) is 0 Å². The summed E-state index contributed by atoms with van der Waals surface area (Å²) in [7, 11) is 3.15. The zero-order valence-electron chi connectivity index (χ0n) is 10.9. The number of carbonyl (C=O) groups excluding carboxylic acids is 1. The molecule has 0 aliphatic carbocycles. The minimum Gasteiger partial charge on any atom is -0.495 e. The Morgan fingerprint density at radius 1 is 1.10 bits per heavy atom. The first-order chi connectivity index (χ1) is 9.62. The lowest BCUT2D eigenvalue weighted by Gasteiger charge is -2.14. The fourth-order valence-corrected chi connectivity index (χ4v) is 2.83. The van der Waals surface area contributed by atoms with Gasteiger partial charge in [0.2, 0.25) is 0 Å². The molecule has 0 spiro atoms. The van der Waals surface area contributed by atoms with Crippen LogP contribution in [0, 0.1) is 0 Å². The second kappa shape index (κ2) is 6.29. The van der Waals surface area contributed by atoms with Crippen LogP contribution in [0.3, 0.4) is 0 Å². The third kappa shape index (κ3) is 2.67. The second-order valence-electron chi connectivity index (χ2n) is 4.01. The van der Waals surface area contributed by atoms with Crippen LogP contribution in [0.15, 0.2) is 34.8 Å². The fourth-order valence-electron chi connectivity index (χ4n) is 1.98. The fraction of sp³-hybridized carbons (Fsp3) is 0.133. The van der Waals surface area contributed by atoms with E-state index in [1.165, 1.54) is 0 Å². The van der Waals surface area contributed by atoms with Gasteiger partial charge in [-0.1, -0.05) is 17.7 Å². The topological polar surface area (TPSA) is 35.5 Å². The van der Waals surface area contributed by atoms with Gasteiger partial charge in [-0.15, -0.1) is 0 Å². The maximum absolute atomic E-state index is 11.2. The van der Waals surface area contributed by atoms with Gasteiger partial charge in [0.25, 0.3) is 0 Å². The van der Waals surface area contributed by atoms with Crippen molar-refractivity contribution < 1.29 is 14.3 Å². The van der Waals surface area contributed by atoms with Crippen LogP contribution in [0.2, 0.25) is 5.02 Å². The SMILES string of the molecule is COc1ccc(-c2ccc(Cl)cc2C=O)c(OC)c1Br. The van der Waals surface area contributed by atoms with Crippen molar-refractivity contribution in [3.8, 4) is 22.6 Å². The van der Waals surface area contributed by atoms with Gasteiger partial charge in [0.15, 0.2) is 6.29 Å². The monoisotopic (exact) mass is 354 g/mol. The number of hydrogen-bond acceptors (Lipinski definition) is 3. The molecule has 20 heavy (non-hydrogen) atoms. The summed E-state index contributed by atoms with van der Waals surface area (Å²) < 4.78 is 11.4. The van der Waals surface area contributed by atoms with Crippen molar-refractivity contribution in [2.45, 2.75) is 0 Å². The summed E-state index contributed by atoms with van der Waals surface area (Å²) in [6.45, 7) is 0. The lowest BCUT2D eigenvalue weighted by Crippen LogP contribution is -1.95. The van der Waals surface area contributed by atoms with Crippen LogP contribution in [0.4, 0.5) is 0 Å². The van der Waals surface area contributed by atoms with Crippen molar-refractivity contribution in [1.82, 2.24) is 0 Å². The van der Waals surface area contributed by atoms with E-state index in [1.54, 1.807) is 32.4 Å². The van der Waals surface area contributed by atoms with Gasteiger partial charge in [0.1, 0.15) is 16.0 Å². The summed E-state index contributed by atoms with van der Waals surface area (Å²) in [4.78, 5) is 11.2. The van der Waals surface area contributed by atoms with Crippen LogP contribution in [0.5, 0.6) is 11.5 Å². The molecule has 0 atom stereocenters. The lowest BCUT2D eigenvalue weighted by atomic mass is 9.99. The highest BCUT2D eigenvalue weighted by Crippen LogP contribution is 2.42. The summed E-state index contributed by atoms with van der Waals surface area (Å²) in [6.07, 6.45) is 0.777. The highest BCUT2D eigenvalue weighted by molar-refractivity contribution is 9.10. The number of ether oxygens (including phenoxy) is 2. The molecule has 0 bridgehead atoms. The molecule has 0 aliphatic heterocycles. The average Bonchev–Trinajstić information content (AvgIpc) is 2.46. The molecule has 2 rings (SSSR count). The summed E-state index contributed by atoms with van der Waals surface area (Å²) in [5.41, 5.74) is 2.05. The molecular weight excluding hydrogens is 344 g/mol. The van der Waals surface area contributed by atoms with E-state index in [0.29, 0.717) is 26.6 Å². The molecule has 2 aromatic rings. The number of methoxy groups -OCH3 is 2. The van der Waals surface area contributed by atoms with Gasteiger partial charge in [0, 0.05) is 16.1 Å². The number of rotatable bonds is 4. The Balaban J connectivity index is 2.70.